The minimum absolute atomic E-state index is 0.0769. The highest BCUT2D eigenvalue weighted by molar-refractivity contribution is 5.77. The third-order valence-corrected chi connectivity index (χ3v) is 3.18. The van der Waals surface area contributed by atoms with E-state index in [1.807, 2.05) is 0 Å². The van der Waals surface area contributed by atoms with Crippen molar-refractivity contribution in [2.24, 2.45) is 23.5 Å². The Bertz CT molecular complexity index is 341. The molecule has 102 valence electrons. The van der Waals surface area contributed by atoms with Gasteiger partial charge in [-0.2, -0.15) is 0 Å². The zero-order valence-corrected chi connectivity index (χ0v) is 10.7. The van der Waals surface area contributed by atoms with E-state index in [1.165, 1.54) is 13.8 Å². The summed E-state index contributed by atoms with van der Waals surface area (Å²) in [6.07, 6.45) is 1.25. The second-order valence-electron chi connectivity index (χ2n) is 4.71. The maximum absolute atomic E-state index is 11.3. The Balaban J connectivity index is 2.51. The molecule has 2 N–H and O–H groups in total. The number of nitrogens with two attached hydrogens (primary N) is 1. The van der Waals surface area contributed by atoms with Gasteiger partial charge in [0.05, 0.1) is 13.2 Å². The number of ether oxygens (including phenoxy) is 2. The summed E-state index contributed by atoms with van der Waals surface area (Å²) in [5.74, 6) is -1.39. The van der Waals surface area contributed by atoms with Gasteiger partial charge < -0.3 is 15.2 Å². The molecule has 0 spiro atoms. The Kier molecular flexibility index (Phi) is 5.12. The molecule has 1 saturated carbocycles. The molecule has 1 aliphatic rings. The maximum atomic E-state index is 11.3. The van der Waals surface area contributed by atoms with Gasteiger partial charge in [-0.25, -0.2) is 0 Å². The van der Waals surface area contributed by atoms with E-state index in [2.05, 4.69) is 0 Å². The maximum Gasteiger partial charge on any atom is 0.302 e. The Morgan fingerprint density at radius 3 is 2.11 bits per heavy atom. The monoisotopic (exact) mass is 257 g/mol. The Labute approximate surface area is 106 Å². The SMILES string of the molecule is CC(=O)OC[C@@H]1C[C@@H](COC(C)=O)[C@H](C(N)=O)C1. The highest BCUT2D eigenvalue weighted by atomic mass is 16.5. The molecule has 0 aromatic rings. The van der Waals surface area contributed by atoms with E-state index in [0.717, 1.165) is 0 Å². The van der Waals surface area contributed by atoms with Crippen molar-refractivity contribution in [1.82, 2.24) is 0 Å². The number of amides is 1. The fraction of sp³-hybridized carbons (Fsp3) is 0.750. The average molecular weight is 257 g/mol. The molecule has 0 aromatic heterocycles. The molecule has 1 fully saturated rings. The molecule has 1 aliphatic carbocycles. The molecule has 0 unspecified atom stereocenters. The minimum atomic E-state index is -0.391. The summed E-state index contributed by atoms with van der Waals surface area (Å²) in [7, 11) is 0. The number of hydrogen-bond donors (Lipinski definition) is 1. The second-order valence-corrected chi connectivity index (χ2v) is 4.71. The van der Waals surface area contributed by atoms with Gasteiger partial charge in [-0.15, -0.1) is 0 Å². The lowest BCUT2D eigenvalue weighted by Gasteiger charge is -2.15. The van der Waals surface area contributed by atoms with Gasteiger partial charge in [0.2, 0.25) is 5.91 Å². The van der Waals surface area contributed by atoms with E-state index in [9.17, 15) is 14.4 Å². The second kappa shape index (κ2) is 6.37. The fourth-order valence-electron chi connectivity index (χ4n) is 2.37. The van der Waals surface area contributed by atoms with E-state index < -0.39 is 5.91 Å². The van der Waals surface area contributed by atoms with Crippen LogP contribution in [0.4, 0.5) is 0 Å². The van der Waals surface area contributed by atoms with Gasteiger partial charge in [0.15, 0.2) is 0 Å². The number of carbonyl (C=O) groups is 3. The van der Waals surface area contributed by atoms with Crippen LogP contribution in [0.15, 0.2) is 0 Å². The van der Waals surface area contributed by atoms with Crippen LogP contribution < -0.4 is 5.73 Å². The minimum Gasteiger partial charge on any atom is -0.466 e. The number of carbonyl (C=O) groups excluding carboxylic acids is 3. The van der Waals surface area contributed by atoms with Crippen LogP contribution in [0.1, 0.15) is 26.7 Å². The molecule has 0 aromatic carbocycles. The number of primary amides is 1. The van der Waals surface area contributed by atoms with Crippen molar-refractivity contribution in [3.8, 4) is 0 Å². The lowest BCUT2D eigenvalue weighted by molar-refractivity contribution is -0.143. The van der Waals surface area contributed by atoms with Crippen LogP contribution >= 0.6 is 0 Å². The van der Waals surface area contributed by atoms with Crippen molar-refractivity contribution in [3.05, 3.63) is 0 Å². The molecule has 1 amide bonds. The Morgan fingerprint density at radius 2 is 1.61 bits per heavy atom. The molecule has 0 aliphatic heterocycles. The quantitative estimate of drug-likeness (QED) is 0.712. The van der Waals surface area contributed by atoms with Crippen LogP contribution in [0.2, 0.25) is 0 Å². The summed E-state index contributed by atoms with van der Waals surface area (Å²) in [6, 6.07) is 0. The van der Waals surface area contributed by atoms with Crippen LogP contribution in [0.25, 0.3) is 0 Å². The zero-order chi connectivity index (χ0) is 13.7. The normalized spacial score (nSPS) is 26.7. The van der Waals surface area contributed by atoms with Gasteiger partial charge in [0, 0.05) is 25.7 Å². The van der Waals surface area contributed by atoms with Crippen LogP contribution in [-0.2, 0) is 23.9 Å². The first-order valence-electron chi connectivity index (χ1n) is 5.96. The first-order chi connectivity index (χ1) is 8.40. The molecular formula is C12H19NO5. The van der Waals surface area contributed by atoms with Crippen molar-refractivity contribution < 1.29 is 23.9 Å². The van der Waals surface area contributed by atoms with Gasteiger partial charge in [-0.1, -0.05) is 0 Å². The standard InChI is InChI=1S/C12H19NO5/c1-7(14)17-5-9-3-10(6-18-8(2)15)11(4-9)12(13)16/h9-11H,3-6H2,1-2H3,(H2,13,16)/t9-,10+,11-/m1/s1. The molecular weight excluding hydrogens is 238 g/mol. The van der Waals surface area contributed by atoms with Crippen LogP contribution in [0.5, 0.6) is 0 Å². The molecule has 0 bridgehead atoms. The molecule has 1 rings (SSSR count). The number of hydrogen-bond acceptors (Lipinski definition) is 5. The van der Waals surface area contributed by atoms with Crippen molar-refractivity contribution in [2.45, 2.75) is 26.7 Å². The predicted molar refractivity (Wildman–Crippen MR) is 62.2 cm³/mol. The highest BCUT2D eigenvalue weighted by Crippen LogP contribution is 2.36. The first kappa shape index (κ1) is 14.5. The van der Waals surface area contributed by atoms with Crippen molar-refractivity contribution in [3.63, 3.8) is 0 Å². The van der Waals surface area contributed by atoms with Crippen molar-refractivity contribution >= 4 is 17.8 Å². The summed E-state index contributed by atoms with van der Waals surface area (Å²) >= 11 is 0. The lowest BCUT2D eigenvalue weighted by Crippen LogP contribution is -2.29. The van der Waals surface area contributed by atoms with E-state index in [0.29, 0.717) is 12.8 Å². The van der Waals surface area contributed by atoms with Gasteiger partial charge in [0.1, 0.15) is 0 Å². The fourth-order valence-corrected chi connectivity index (χ4v) is 2.37. The number of rotatable bonds is 5. The molecule has 18 heavy (non-hydrogen) atoms. The number of esters is 2. The van der Waals surface area contributed by atoms with E-state index in [4.69, 9.17) is 15.2 Å². The summed E-state index contributed by atoms with van der Waals surface area (Å²) in [5, 5.41) is 0. The van der Waals surface area contributed by atoms with Crippen LogP contribution in [0, 0.1) is 17.8 Å². The lowest BCUT2D eigenvalue weighted by atomic mass is 9.96. The topological polar surface area (TPSA) is 95.7 Å². The molecule has 0 heterocycles. The molecule has 3 atom stereocenters. The Morgan fingerprint density at radius 1 is 1.06 bits per heavy atom. The third-order valence-electron chi connectivity index (χ3n) is 3.18. The molecule has 0 saturated heterocycles. The largest absolute Gasteiger partial charge is 0.466 e. The molecule has 6 heteroatoms. The summed E-state index contributed by atoms with van der Waals surface area (Å²) < 4.78 is 9.85. The van der Waals surface area contributed by atoms with E-state index in [-0.39, 0.29) is 42.9 Å². The van der Waals surface area contributed by atoms with Crippen LogP contribution in [0.3, 0.4) is 0 Å². The third kappa shape index (κ3) is 4.35. The van der Waals surface area contributed by atoms with Gasteiger partial charge in [-0.05, 0) is 18.8 Å². The summed E-state index contributed by atoms with van der Waals surface area (Å²) in [4.78, 5) is 32.8. The highest BCUT2D eigenvalue weighted by Gasteiger charge is 2.38. The predicted octanol–water partition coefficient (Wildman–Crippen LogP) is 0.240. The van der Waals surface area contributed by atoms with Gasteiger partial charge >= 0.3 is 11.9 Å². The van der Waals surface area contributed by atoms with E-state index in [1.54, 1.807) is 0 Å². The van der Waals surface area contributed by atoms with Crippen LogP contribution in [-0.4, -0.2) is 31.1 Å². The van der Waals surface area contributed by atoms with E-state index >= 15 is 0 Å². The zero-order valence-electron chi connectivity index (χ0n) is 10.7. The Hall–Kier alpha value is -1.59. The molecule has 6 nitrogen and oxygen atoms in total. The van der Waals surface area contributed by atoms with Gasteiger partial charge in [0.25, 0.3) is 0 Å². The summed E-state index contributed by atoms with van der Waals surface area (Å²) in [5.41, 5.74) is 5.33. The summed E-state index contributed by atoms with van der Waals surface area (Å²) in [6.45, 7) is 3.15. The van der Waals surface area contributed by atoms with Crippen molar-refractivity contribution in [2.75, 3.05) is 13.2 Å². The first-order valence-corrected chi connectivity index (χ1v) is 5.96. The average Bonchev–Trinajstić information content (AvgIpc) is 2.67. The molecule has 0 radical (unpaired) electrons. The van der Waals surface area contributed by atoms with Crippen molar-refractivity contribution in [1.29, 1.82) is 0 Å². The smallest absolute Gasteiger partial charge is 0.302 e. The van der Waals surface area contributed by atoms with Gasteiger partial charge in [-0.3, -0.25) is 14.4 Å².